The molecule has 5 heteroatoms. The molecule has 0 N–H and O–H groups in total. The maximum Gasteiger partial charge on any atom is 0.130 e. The molecule has 0 spiro atoms. The van der Waals surface area contributed by atoms with Crippen LogP contribution in [0.25, 0.3) is 38.8 Å². The van der Waals surface area contributed by atoms with Gasteiger partial charge in [-0.1, -0.05) is 78.4 Å². The fraction of sp³-hybridized carbons (Fsp3) is 0.0889. The van der Waals surface area contributed by atoms with Crippen molar-refractivity contribution >= 4 is 44.6 Å². The molecule has 0 unspecified atom stereocenters. The summed E-state index contributed by atoms with van der Waals surface area (Å²) in [5, 5.41) is 2.33. The first kappa shape index (κ1) is 29.8. The molecule has 8 aromatic rings. The third-order valence-electron chi connectivity index (χ3n) is 9.72. The van der Waals surface area contributed by atoms with Crippen LogP contribution in [0, 0.1) is 20.8 Å². The Hall–Kier alpha value is -6.33. The molecule has 0 bridgehead atoms. The van der Waals surface area contributed by atoms with Crippen LogP contribution >= 0.6 is 0 Å². The number of pyridine rings is 1. The molecule has 3 heterocycles. The lowest BCUT2D eigenvalue weighted by Crippen LogP contribution is -2.25. The van der Waals surface area contributed by atoms with Crippen LogP contribution in [-0.4, -0.2) is 16.2 Å². The normalized spacial score (nSPS) is 12.5. The van der Waals surface area contributed by atoms with Gasteiger partial charge in [0.1, 0.15) is 18.2 Å². The van der Waals surface area contributed by atoms with Crippen LogP contribution in [0.15, 0.2) is 152 Å². The van der Waals surface area contributed by atoms with Crippen molar-refractivity contribution in [1.29, 1.82) is 0 Å². The SMILES string of the molecule is Cc1cc(C)c(N2CN(c3cccc(Oc4cc(-c5ccccn5)c5c6ccccc6n(-c6ccccc6)c5c4)c3)c3ccccc32)c(C)c1. The van der Waals surface area contributed by atoms with Crippen molar-refractivity contribution in [3.63, 3.8) is 0 Å². The predicted octanol–water partition coefficient (Wildman–Crippen LogP) is 11.8. The summed E-state index contributed by atoms with van der Waals surface area (Å²) in [4.78, 5) is 9.60. The van der Waals surface area contributed by atoms with E-state index in [0.29, 0.717) is 6.67 Å². The van der Waals surface area contributed by atoms with E-state index in [0.717, 1.165) is 50.6 Å². The van der Waals surface area contributed by atoms with Crippen LogP contribution in [0.1, 0.15) is 16.7 Å². The first-order valence-corrected chi connectivity index (χ1v) is 17.1. The van der Waals surface area contributed by atoms with Gasteiger partial charge in [-0.05, 0) is 92.6 Å². The molecule has 5 nitrogen and oxygen atoms in total. The number of aromatic nitrogens is 2. The van der Waals surface area contributed by atoms with Crippen molar-refractivity contribution in [3.05, 3.63) is 168 Å². The zero-order chi connectivity index (χ0) is 33.8. The molecule has 0 amide bonds. The van der Waals surface area contributed by atoms with E-state index in [1.165, 1.54) is 39.1 Å². The van der Waals surface area contributed by atoms with Gasteiger partial charge in [-0.25, -0.2) is 0 Å². The number of hydrogen-bond acceptors (Lipinski definition) is 4. The number of ether oxygens (including phenoxy) is 1. The molecule has 50 heavy (non-hydrogen) atoms. The second kappa shape index (κ2) is 12.0. The summed E-state index contributed by atoms with van der Waals surface area (Å²) in [6.45, 7) is 7.29. The Morgan fingerprint density at radius 1 is 0.560 bits per heavy atom. The van der Waals surface area contributed by atoms with E-state index in [2.05, 4.69) is 163 Å². The molecule has 242 valence electrons. The number of anilines is 4. The molecule has 9 rings (SSSR count). The largest absolute Gasteiger partial charge is 0.457 e. The minimum Gasteiger partial charge on any atom is -0.457 e. The van der Waals surface area contributed by atoms with E-state index in [4.69, 9.17) is 9.72 Å². The predicted molar refractivity (Wildman–Crippen MR) is 207 cm³/mol. The number of rotatable bonds is 6. The van der Waals surface area contributed by atoms with E-state index < -0.39 is 0 Å². The number of fused-ring (bicyclic) bond motifs is 4. The molecule has 0 saturated heterocycles. The molecular formula is C45H36N4O. The second-order valence-electron chi connectivity index (χ2n) is 13.1. The first-order chi connectivity index (χ1) is 24.5. The van der Waals surface area contributed by atoms with Crippen LogP contribution in [-0.2, 0) is 0 Å². The summed E-state index contributed by atoms with van der Waals surface area (Å²) < 4.78 is 9.13. The van der Waals surface area contributed by atoms with Gasteiger partial charge in [0.15, 0.2) is 0 Å². The van der Waals surface area contributed by atoms with Gasteiger partial charge in [0.05, 0.1) is 28.1 Å². The molecule has 0 aliphatic carbocycles. The third kappa shape index (κ3) is 4.98. The summed E-state index contributed by atoms with van der Waals surface area (Å²) in [6.07, 6.45) is 1.85. The van der Waals surface area contributed by atoms with Gasteiger partial charge in [-0.2, -0.15) is 0 Å². The minimum absolute atomic E-state index is 0.709. The Morgan fingerprint density at radius 3 is 2.04 bits per heavy atom. The minimum atomic E-state index is 0.709. The van der Waals surface area contributed by atoms with E-state index >= 15 is 0 Å². The summed E-state index contributed by atoms with van der Waals surface area (Å²) in [5.41, 5.74) is 13.8. The number of benzene rings is 6. The van der Waals surface area contributed by atoms with Crippen molar-refractivity contribution in [2.45, 2.75) is 20.8 Å². The molecule has 0 atom stereocenters. The highest BCUT2D eigenvalue weighted by Gasteiger charge is 2.30. The fourth-order valence-corrected chi connectivity index (χ4v) is 7.78. The van der Waals surface area contributed by atoms with E-state index in [1.54, 1.807) is 0 Å². The Labute approximate surface area is 292 Å². The molecule has 0 radical (unpaired) electrons. The van der Waals surface area contributed by atoms with Crippen LogP contribution in [0.4, 0.5) is 22.7 Å². The number of para-hydroxylation sites is 4. The lowest BCUT2D eigenvalue weighted by Gasteiger charge is -2.25. The van der Waals surface area contributed by atoms with Gasteiger partial charge < -0.3 is 19.1 Å². The zero-order valence-electron chi connectivity index (χ0n) is 28.3. The molecule has 1 aliphatic heterocycles. The number of aryl methyl sites for hydroxylation is 3. The van der Waals surface area contributed by atoms with Gasteiger partial charge in [0.2, 0.25) is 0 Å². The van der Waals surface area contributed by atoms with E-state index in [9.17, 15) is 0 Å². The Kier molecular flexibility index (Phi) is 7.13. The summed E-state index contributed by atoms with van der Waals surface area (Å²) in [7, 11) is 0. The van der Waals surface area contributed by atoms with E-state index in [1.807, 2.05) is 24.4 Å². The Morgan fingerprint density at radius 2 is 1.26 bits per heavy atom. The Bertz CT molecular complexity index is 2510. The lowest BCUT2D eigenvalue weighted by molar-refractivity contribution is 0.483. The quantitative estimate of drug-likeness (QED) is 0.180. The lowest BCUT2D eigenvalue weighted by atomic mass is 10.0. The zero-order valence-corrected chi connectivity index (χ0v) is 28.3. The molecule has 2 aromatic heterocycles. The molecular weight excluding hydrogens is 613 g/mol. The van der Waals surface area contributed by atoms with Crippen LogP contribution in [0.2, 0.25) is 0 Å². The van der Waals surface area contributed by atoms with E-state index in [-0.39, 0.29) is 0 Å². The second-order valence-corrected chi connectivity index (χ2v) is 13.1. The topological polar surface area (TPSA) is 33.5 Å². The molecule has 0 fully saturated rings. The molecule has 1 aliphatic rings. The van der Waals surface area contributed by atoms with Crippen molar-refractivity contribution in [3.8, 4) is 28.4 Å². The highest BCUT2D eigenvalue weighted by Crippen LogP contribution is 2.47. The molecule has 0 saturated carbocycles. The average molecular weight is 649 g/mol. The number of nitrogens with zero attached hydrogens (tertiary/aromatic N) is 4. The maximum atomic E-state index is 6.81. The van der Waals surface area contributed by atoms with Gasteiger partial charge in [-0.3, -0.25) is 4.98 Å². The highest BCUT2D eigenvalue weighted by molar-refractivity contribution is 6.16. The highest BCUT2D eigenvalue weighted by atomic mass is 16.5. The monoisotopic (exact) mass is 648 g/mol. The average Bonchev–Trinajstić information content (AvgIpc) is 3.68. The van der Waals surface area contributed by atoms with Gasteiger partial charge >= 0.3 is 0 Å². The smallest absolute Gasteiger partial charge is 0.130 e. The summed E-state index contributed by atoms with van der Waals surface area (Å²) >= 11 is 0. The van der Waals surface area contributed by atoms with Crippen molar-refractivity contribution in [2.75, 3.05) is 16.5 Å². The first-order valence-electron chi connectivity index (χ1n) is 17.1. The van der Waals surface area contributed by atoms with Gasteiger partial charge in [0.25, 0.3) is 0 Å². The fourth-order valence-electron chi connectivity index (χ4n) is 7.78. The summed E-state index contributed by atoms with van der Waals surface area (Å²) in [5.74, 6) is 1.53. The van der Waals surface area contributed by atoms with Crippen LogP contribution in [0.5, 0.6) is 11.5 Å². The Balaban J connectivity index is 1.15. The van der Waals surface area contributed by atoms with Gasteiger partial charge in [-0.15, -0.1) is 0 Å². The van der Waals surface area contributed by atoms with Crippen molar-refractivity contribution < 1.29 is 4.74 Å². The standard InChI is InChI=1S/C45H36N4O/c1-30-24-31(2)45(32(3)25-30)48-29-47(41-21-9-10-22-42(41)48)34-16-13-17-35(26-34)50-36-27-38(39-19-11-12-23-46-39)44-37-18-7-8-20-40(37)49(43(44)28-36)33-14-5-4-6-15-33/h4-28H,29H2,1-3H3. The maximum absolute atomic E-state index is 6.81. The van der Waals surface area contributed by atoms with Crippen LogP contribution in [0.3, 0.4) is 0 Å². The number of hydrogen-bond donors (Lipinski definition) is 0. The third-order valence-corrected chi connectivity index (χ3v) is 9.72. The van der Waals surface area contributed by atoms with Crippen molar-refractivity contribution in [2.24, 2.45) is 0 Å². The molecule has 6 aromatic carbocycles. The van der Waals surface area contributed by atoms with Crippen LogP contribution < -0.4 is 14.5 Å². The van der Waals surface area contributed by atoms with Gasteiger partial charge in [0, 0.05) is 51.7 Å². The summed E-state index contributed by atoms with van der Waals surface area (Å²) in [6, 6.07) is 51.1. The van der Waals surface area contributed by atoms with Crippen molar-refractivity contribution in [1.82, 2.24) is 9.55 Å².